The summed E-state index contributed by atoms with van der Waals surface area (Å²) in [7, 11) is 0. The first-order valence-electron chi connectivity index (χ1n) is 17.1. The second-order valence-corrected chi connectivity index (χ2v) is 12.6. The molecule has 50 heavy (non-hydrogen) atoms. The molecule has 0 bridgehead atoms. The van der Waals surface area contributed by atoms with Crippen LogP contribution in [-0.4, -0.2) is 4.57 Å². The SMILES string of the molecule is c1ccc(-c2cccc(N(c3ccc(-c4cccc(-n5c6ccccc6c6ccccc65)c4)cc3)c3ccccc3-c3ccccc3)c2)cc1. The smallest absolute Gasteiger partial charge is 0.0541 e. The third-order valence-electron chi connectivity index (χ3n) is 9.58. The number of nitrogens with zero attached hydrogens (tertiary/aromatic N) is 2. The predicted molar refractivity (Wildman–Crippen MR) is 212 cm³/mol. The van der Waals surface area contributed by atoms with E-state index >= 15 is 0 Å². The van der Waals surface area contributed by atoms with E-state index in [0.717, 1.165) is 22.7 Å². The number of hydrogen-bond acceptors (Lipinski definition) is 1. The minimum Gasteiger partial charge on any atom is -0.310 e. The Kier molecular flexibility index (Phi) is 7.53. The average molecular weight is 639 g/mol. The van der Waals surface area contributed by atoms with Crippen LogP contribution in [0.5, 0.6) is 0 Å². The van der Waals surface area contributed by atoms with Crippen LogP contribution in [0.2, 0.25) is 0 Å². The Morgan fingerprint density at radius 3 is 1.54 bits per heavy atom. The van der Waals surface area contributed by atoms with E-state index in [-0.39, 0.29) is 0 Å². The molecule has 0 aliphatic heterocycles. The lowest BCUT2D eigenvalue weighted by atomic mass is 10.00. The molecule has 0 radical (unpaired) electrons. The van der Waals surface area contributed by atoms with Crippen molar-refractivity contribution in [2.24, 2.45) is 0 Å². The van der Waals surface area contributed by atoms with E-state index in [2.05, 4.69) is 216 Å². The molecule has 1 heterocycles. The molecule has 9 aromatic rings. The van der Waals surface area contributed by atoms with Gasteiger partial charge in [0.25, 0.3) is 0 Å². The van der Waals surface area contributed by atoms with E-state index in [9.17, 15) is 0 Å². The van der Waals surface area contributed by atoms with Crippen molar-refractivity contribution in [1.82, 2.24) is 4.57 Å². The summed E-state index contributed by atoms with van der Waals surface area (Å²) in [5.74, 6) is 0. The summed E-state index contributed by atoms with van der Waals surface area (Å²) >= 11 is 0. The molecule has 236 valence electrons. The predicted octanol–water partition coefficient (Wildman–Crippen LogP) is 13.3. The number of hydrogen-bond donors (Lipinski definition) is 0. The van der Waals surface area contributed by atoms with Gasteiger partial charge in [0.1, 0.15) is 0 Å². The average Bonchev–Trinajstić information content (AvgIpc) is 3.54. The van der Waals surface area contributed by atoms with Gasteiger partial charge in [-0.25, -0.2) is 0 Å². The minimum absolute atomic E-state index is 1.10. The maximum absolute atomic E-state index is 2.38. The van der Waals surface area contributed by atoms with Gasteiger partial charge in [-0.15, -0.1) is 0 Å². The summed E-state index contributed by atoms with van der Waals surface area (Å²) in [6.45, 7) is 0. The molecule has 0 atom stereocenters. The van der Waals surface area contributed by atoms with Crippen LogP contribution in [0.25, 0.3) is 60.9 Å². The van der Waals surface area contributed by atoms with E-state index in [4.69, 9.17) is 0 Å². The van der Waals surface area contributed by atoms with Crippen LogP contribution < -0.4 is 4.90 Å². The van der Waals surface area contributed by atoms with Gasteiger partial charge >= 0.3 is 0 Å². The molecule has 0 saturated carbocycles. The summed E-state index contributed by atoms with van der Waals surface area (Å²) in [6.07, 6.45) is 0. The fraction of sp³-hybridized carbons (Fsp3) is 0. The summed E-state index contributed by atoms with van der Waals surface area (Å²) in [4.78, 5) is 2.38. The molecule has 0 fully saturated rings. The highest BCUT2D eigenvalue weighted by molar-refractivity contribution is 6.09. The number of rotatable bonds is 7. The molecule has 0 saturated heterocycles. The van der Waals surface area contributed by atoms with Gasteiger partial charge in [-0.3, -0.25) is 0 Å². The number of aromatic nitrogens is 1. The van der Waals surface area contributed by atoms with Crippen LogP contribution >= 0.6 is 0 Å². The Labute approximate surface area is 292 Å². The Morgan fingerprint density at radius 2 is 0.840 bits per heavy atom. The van der Waals surface area contributed by atoms with Gasteiger partial charge < -0.3 is 9.47 Å². The summed E-state index contributed by atoms with van der Waals surface area (Å²) in [5, 5.41) is 2.54. The van der Waals surface area contributed by atoms with Crippen LogP contribution in [0.4, 0.5) is 17.1 Å². The van der Waals surface area contributed by atoms with Crippen molar-refractivity contribution in [1.29, 1.82) is 0 Å². The number of anilines is 3. The zero-order valence-corrected chi connectivity index (χ0v) is 27.5. The normalized spacial score (nSPS) is 11.2. The van der Waals surface area contributed by atoms with Crippen LogP contribution in [0, 0.1) is 0 Å². The van der Waals surface area contributed by atoms with Crippen molar-refractivity contribution in [3.05, 3.63) is 206 Å². The molecule has 9 rings (SSSR count). The molecule has 0 aliphatic rings. The van der Waals surface area contributed by atoms with Gasteiger partial charge in [0, 0.05) is 33.4 Å². The van der Waals surface area contributed by atoms with Crippen LogP contribution in [-0.2, 0) is 0 Å². The fourth-order valence-corrected chi connectivity index (χ4v) is 7.24. The van der Waals surface area contributed by atoms with E-state index in [0.29, 0.717) is 0 Å². The first-order chi connectivity index (χ1) is 24.8. The molecule has 0 unspecified atom stereocenters. The molecule has 1 aromatic heterocycles. The third-order valence-corrected chi connectivity index (χ3v) is 9.58. The standard InChI is InChI=1S/C48H34N2/c1-3-15-35(16-4-1)38-19-13-21-41(33-38)49(46-26-10-7-23-43(46)37-17-5-2-6-18-37)40-31-29-36(30-32-40)39-20-14-22-42(34-39)50-47-27-11-8-24-44(47)45-25-9-12-28-48(45)50/h1-34H. The minimum atomic E-state index is 1.10. The van der Waals surface area contributed by atoms with Gasteiger partial charge in [-0.2, -0.15) is 0 Å². The van der Waals surface area contributed by atoms with E-state index in [1.807, 2.05) is 0 Å². The molecule has 2 heteroatoms. The lowest BCUT2D eigenvalue weighted by Crippen LogP contribution is -2.11. The van der Waals surface area contributed by atoms with Crippen LogP contribution in [0.3, 0.4) is 0 Å². The van der Waals surface area contributed by atoms with Gasteiger partial charge in [0.15, 0.2) is 0 Å². The van der Waals surface area contributed by atoms with E-state index in [1.54, 1.807) is 0 Å². The summed E-state index contributed by atoms with van der Waals surface area (Å²) < 4.78 is 2.38. The van der Waals surface area contributed by atoms with Crippen molar-refractivity contribution >= 4 is 38.9 Å². The van der Waals surface area contributed by atoms with Crippen LogP contribution in [0.1, 0.15) is 0 Å². The largest absolute Gasteiger partial charge is 0.310 e. The van der Waals surface area contributed by atoms with Gasteiger partial charge in [0.05, 0.1) is 16.7 Å². The quantitative estimate of drug-likeness (QED) is 0.169. The Morgan fingerprint density at radius 1 is 0.320 bits per heavy atom. The Balaban J connectivity index is 1.15. The zero-order chi connectivity index (χ0) is 33.3. The Bertz CT molecular complexity index is 2530. The lowest BCUT2D eigenvalue weighted by Gasteiger charge is -2.28. The van der Waals surface area contributed by atoms with E-state index < -0.39 is 0 Å². The van der Waals surface area contributed by atoms with Crippen molar-refractivity contribution in [3.8, 4) is 39.1 Å². The second kappa shape index (κ2) is 12.8. The topological polar surface area (TPSA) is 8.17 Å². The maximum atomic E-state index is 2.38. The molecule has 2 nitrogen and oxygen atoms in total. The highest BCUT2D eigenvalue weighted by atomic mass is 15.1. The molecular weight excluding hydrogens is 605 g/mol. The van der Waals surface area contributed by atoms with E-state index in [1.165, 1.54) is 55.2 Å². The lowest BCUT2D eigenvalue weighted by molar-refractivity contribution is 1.18. The van der Waals surface area contributed by atoms with Crippen molar-refractivity contribution < 1.29 is 0 Å². The van der Waals surface area contributed by atoms with Crippen LogP contribution in [0.15, 0.2) is 206 Å². The third kappa shape index (κ3) is 5.34. The van der Waals surface area contributed by atoms with Crippen molar-refractivity contribution in [2.45, 2.75) is 0 Å². The Hall–Kier alpha value is -6.64. The van der Waals surface area contributed by atoms with Crippen molar-refractivity contribution in [3.63, 3.8) is 0 Å². The highest BCUT2D eigenvalue weighted by Gasteiger charge is 2.18. The monoisotopic (exact) mass is 638 g/mol. The van der Waals surface area contributed by atoms with Gasteiger partial charge in [-0.05, 0) is 82.4 Å². The van der Waals surface area contributed by atoms with Crippen molar-refractivity contribution in [2.75, 3.05) is 4.90 Å². The summed E-state index contributed by atoms with van der Waals surface area (Å²) in [5.41, 5.74) is 14.0. The molecule has 0 N–H and O–H groups in total. The van der Waals surface area contributed by atoms with Gasteiger partial charge in [-0.1, -0.05) is 152 Å². The highest BCUT2D eigenvalue weighted by Crippen LogP contribution is 2.42. The molecule has 8 aromatic carbocycles. The first kappa shape index (κ1) is 29.5. The molecular formula is C48H34N2. The number of para-hydroxylation sites is 3. The second-order valence-electron chi connectivity index (χ2n) is 12.6. The maximum Gasteiger partial charge on any atom is 0.0541 e. The molecule has 0 aliphatic carbocycles. The number of benzene rings is 8. The first-order valence-corrected chi connectivity index (χ1v) is 17.1. The molecule has 0 spiro atoms. The fourth-order valence-electron chi connectivity index (χ4n) is 7.24. The zero-order valence-electron chi connectivity index (χ0n) is 27.5. The molecule has 0 amide bonds. The van der Waals surface area contributed by atoms with Gasteiger partial charge in [0.2, 0.25) is 0 Å². The number of fused-ring (bicyclic) bond motifs is 3. The summed E-state index contributed by atoms with van der Waals surface area (Å²) in [6, 6.07) is 74.0.